The summed E-state index contributed by atoms with van der Waals surface area (Å²) in [5.74, 6) is 0. The average molecular weight is 114 g/mol. The van der Waals surface area contributed by atoms with Crippen molar-refractivity contribution in [3.8, 4) is 0 Å². The molecule has 3 heteroatoms. The number of nitrogens with one attached hydrogen (secondary N) is 1. The van der Waals surface area contributed by atoms with E-state index in [2.05, 4.69) is 5.32 Å². The second-order valence-corrected chi connectivity index (χ2v) is 1.32. The van der Waals surface area contributed by atoms with Gasteiger partial charge in [0, 0.05) is 6.20 Å². The third-order valence-electron chi connectivity index (χ3n) is 0.579. The van der Waals surface area contributed by atoms with Crippen LogP contribution in [-0.2, 0) is 0 Å². The number of primary amides is 1. The molecule has 0 fully saturated rings. The molecule has 0 saturated heterocycles. The predicted molar refractivity (Wildman–Crippen MR) is 32.2 cm³/mol. The van der Waals surface area contributed by atoms with E-state index in [9.17, 15) is 4.79 Å². The molecular weight excluding hydrogens is 104 g/mol. The van der Waals surface area contributed by atoms with E-state index in [0.29, 0.717) is 0 Å². The molecule has 0 unspecified atom stereocenters. The van der Waals surface area contributed by atoms with Gasteiger partial charge < -0.3 is 11.1 Å². The first-order valence-electron chi connectivity index (χ1n) is 2.48. The van der Waals surface area contributed by atoms with Gasteiger partial charge in [-0.25, -0.2) is 4.79 Å². The minimum atomic E-state index is -0.519. The van der Waals surface area contributed by atoms with Gasteiger partial charge in [-0.05, 0) is 6.42 Å². The summed E-state index contributed by atoms with van der Waals surface area (Å²) in [7, 11) is 0. The Morgan fingerprint density at radius 2 is 2.50 bits per heavy atom. The summed E-state index contributed by atoms with van der Waals surface area (Å²) in [5.41, 5.74) is 4.73. The lowest BCUT2D eigenvalue weighted by atomic mass is 10.5. The number of hydrogen-bond donors (Lipinski definition) is 2. The number of allylic oxidation sites excluding steroid dienone is 1. The Hall–Kier alpha value is -0.990. The van der Waals surface area contributed by atoms with Crippen molar-refractivity contribution in [1.29, 1.82) is 0 Å². The minimum absolute atomic E-state index is 0.519. The van der Waals surface area contributed by atoms with E-state index < -0.39 is 6.03 Å². The Morgan fingerprint density at radius 1 is 1.88 bits per heavy atom. The summed E-state index contributed by atoms with van der Waals surface area (Å²) in [4.78, 5) is 9.93. The molecule has 0 aliphatic heterocycles. The highest BCUT2D eigenvalue weighted by atomic mass is 16.2. The molecule has 0 rings (SSSR count). The maximum absolute atomic E-state index is 9.93. The molecule has 0 heterocycles. The first-order chi connectivity index (χ1) is 3.77. The first kappa shape index (κ1) is 7.01. The number of nitrogens with two attached hydrogens (primary N) is 1. The number of amides is 2. The second-order valence-electron chi connectivity index (χ2n) is 1.32. The third-order valence-corrected chi connectivity index (χ3v) is 0.579. The zero-order chi connectivity index (χ0) is 6.41. The molecule has 0 aromatic rings. The standard InChI is InChI=1S/C5H10N2O/c1-2-3-4-7-5(6)8/h3-4H,2H2,1H3,(H3,6,7,8). The number of urea groups is 1. The Bertz CT molecular complexity index is 98.6. The molecule has 0 saturated carbocycles. The Morgan fingerprint density at radius 3 is 2.88 bits per heavy atom. The van der Waals surface area contributed by atoms with E-state index in [1.54, 1.807) is 0 Å². The smallest absolute Gasteiger partial charge is 0.316 e. The molecule has 0 aliphatic rings. The minimum Gasteiger partial charge on any atom is -0.351 e. The van der Waals surface area contributed by atoms with E-state index in [1.165, 1.54) is 6.20 Å². The molecular formula is C5H10N2O. The Balaban J connectivity index is 3.16. The van der Waals surface area contributed by atoms with Gasteiger partial charge in [-0.3, -0.25) is 0 Å². The number of carbonyl (C=O) groups is 1. The van der Waals surface area contributed by atoms with Gasteiger partial charge in [-0.15, -0.1) is 0 Å². The van der Waals surface area contributed by atoms with E-state index in [1.807, 2.05) is 13.0 Å². The summed E-state index contributed by atoms with van der Waals surface area (Å²) >= 11 is 0. The van der Waals surface area contributed by atoms with Crippen LogP contribution in [0.25, 0.3) is 0 Å². The van der Waals surface area contributed by atoms with Gasteiger partial charge in [-0.2, -0.15) is 0 Å². The molecule has 3 nitrogen and oxygen atoms in total. The Kier molecular flexibility index (Phi) is 3.66. The lowest BCUT2D eigenvalue weighted by Crippen LogP contribution is -2.23. The molecule has 3 N–H and O–H groups in total. The average Bonchev–Trinajstić information content (AvgIpc) is 1.66. The fourth-order valence-corrected chi connectivity index (χ4v) is 0.259. The maximum atomic E-state index is 9.93. The summed E-state index contributed by atoms with van der Waals surface area (Å²) in [6.45, 7) is 1.97. The van der Waals surface area contributed by atoms with Gasteiger partial charge in [0.25, 0.3) is 0 Å². The molecule has 0 atom stereocenters. The normalized spacial score (nSPS) is 9.62. The van der Waals surface area contributed by atoms with Crippen LogP contribution < -0.4 is 11.1 Å². The fraction of sp³-hybridized carbons (Fsp3) is 0.400. The van der Waals surface area contributed by atoms with Gasteiger partial charge in [0.1, 0.15) is 0 Å². The molecule has 0 aliphatic carbocycles. The van der Waals surface area contributed by atoms with Crippen molar-refractivity contribution in [2.75, 3.05) is 0 Å². The predicted octanol–water partition coefficient (Wildman–Crippen LogP) is 0.578. The Labute approximate surface area is 48.6 Å². The van der Waals surface area contributed by atoms with Crippen LogP contribution in [0.4, 0.5) is 4.79 Å². The van der Waals surface area contributed by atoms with Crippen LogP contribution in [0.15, 0.2) is 12.3 Å². The van der Waals surface area contributed by atoms with Crippen LogP contribution in [0.3, 0.4) is 0 Å². The van der Waals surface area contributed by atoms with Gasteiger partial charge in [0.05, 0.1) is 0 Å². The highest BCUT2D eigenvalue weighted by molar-refractivity contribution is 5.72. The maximum Gasteiger partial charge on any atom is 0.316 e. The van der Waals surface area contributed by atoms with Crippen LogP contribution in [0.1, 0.15) is 13.3 Å². The van der Waals surface area contributed by atoms with Crippen molar-refractivity contribution in [3.63, 3.8) is 0 Å². The third kappa shape index (κ3) is 5.01. The van der Waals surface area contributed by atoms with Crippen molar-refractivity contribution in [3.05, 3.63) is 12.3 Å². The summed E-state index contributed by atoms with van der Waals surface area (Å²) in [6, 6.07) is -0.519. The second kappa shape index (κ2) is 4.18. The lowest BCUT2D eigenvalue weighted by molar-refractivity contribution is 0.252. The van der Waals surface area contributed by atoms with Gasteiger partial charge in [0.15, 0.2) is 0 Å². The molecule has 0 aromatic carbocycles. The molecule has 0 bridgehead atoms. The molecule has 2 amide bonds. The van der Waals surface area contributed by atoms with Crippen LogP contribution in [-0.4, -0.2) is 6.03 Å². The largest absolute Gasteiger partial charge is 0.351 e. The van der Waals surface area contributed by atoms with E-state index >= 15 is 0 Å². The van der Waals surface area contributed by atoms with Crippen molar-refractivity contribution in [2.45, 2.75) is 13.3 Å². The number of hydrogen-bond acceptors (Lipinski definition) is 1. The van der Waals surface area contributed by atoms with Crippen LogP contribution >= 0.6 is 0 Å². The van der Waals surface area contributed by atoms with Crippen LogP contribution in [0.2, 0.25) is 0 Å². The highest BCUT2D eigenvalue weighted by Crippen LogP contribution is 1.73. The molecule has 8 heavy (non-hydrogen) atoms. The lowest BCUT2D eigenvalue weighted by Gasteiger charge is -1.87. The highest BCUT2D eigenvalue weighted by Gasteiger charge is 1.78. The van der Waals surface area contributed by atoms with Crippen molar-refractivity contribution < 1.29 is 4.79 Å². The number of rotatable bonds is 2. The zero-order valence-electron chi connectivity index (χ0n) is 4.85. The fourth-order valence-electron chi connectivity index (χ4n) is 0.259. The number of carbonyl (C=O) groups excluding carboxylic acids is 1. The van der Waals surface area contributed by atoms with Crippen molar-refractivity contribution in [1.82, 2.24) is 5.32 Å². The summed E-state index contributed by atoms with van der Waals surface area (Å²) in [5, 5.41) is 2.30. The van der Waals surface area contributed by atoms with E-state index in [-0.39, 0.29) is 0 Å². The van der Waals surface area contributed by atoms with E-state index in [0.717, 1.165) is 6.42 Å². The van der Waals surface area contributed by atoms with Gasteiger partial charge in [-0.1, -0.05) is 13.0 Å². The van der Waals surface area contributed by atoms with E-state index in [4.69, 9.17) is 5.73 Å². The monoisotopic (exact) mass is 114 g/mol. The summed E-state index contributed by atoms with van der Waals surface area (Å²) in [6.07, 6.45) is 4.24. The molecule has 0 spiro atoms. The first-order valence-corrected chi connectivity index (χ1v) is 2.48. The molecule has 0 aromatic heterocycles. The molecule has 46 valence electrons. The topological polar surface area (TPSA) is 55.1 Å². The quantitative estimate of drug-likeness (QED) is 0.542. The van der Waals surface area contributed by atoms with Crippen LogP contribution in [0, 0.1) is 0 Å². The van der Waals surface area contributed by atoms with Crippen molar-refractivity contribution >= 4 is 6.03 Å². The summed E-state index contributed by atoms with van der Waals surface area (Å²) < 4.78 is 0. The SMILES string of the molecule is CCC=CNC(N)=O. The molecule has 0 radical (unpaired) electrons. The van der Waals surface area contributed by atoms with Gasteiger partial charge in [0.2, 0.25) is 0 Å². The van der Waals surface area contributed by atoms with Gasteiger partial charge >= 0.3 is 6.03 Å². The van der Waals surface area contributed by atoms with Crippen molar-refractivity contribution in [2.24, 2.45) is 5.73 Å². The van der Waals surface area contributed by atoms with Crippen LogP contribution in [0.5, 0.6) is 0 Å². The zero-order valence-corrected chi connectivity index (χ0v) is 4.85.